The fourth-order valence-electron chi connectivity index (χ4n) is 2.90. The van der Waals surface area contributed by atoms with Gasteiger partial charge in [0.2, 0.25) is 5.91 Å². The van der Waals surface area contributed by atoms with Crippen molar-refractivity contribution in [1.29, 1.82) is 0 Å². The van der Waals surface area contributed by atoms with Gasteiger partial charge in [-0.05, 0) is 25.8 Å². The normalized spacial score (nSPS) is 38.0. The molecule has 1 saturated carbocycles. The number of rotatable bonds is 3. The second-order valence-corrected chi connectivity index (χ2v) is 5.82. The van der Waals surface area contributed by atoms with Crippen molar-refractivity contribution >= 4 is 5.91 Å². The minimum Gasteiger partial charge on any atom is -0.392 e. The molecule has 3 unspecified atom stereocenters. The van der Waals surface area contributed by atoms with Gasteiger partial charge in [-0.25, -0.2) is 0 Å². The van der Waals surface area contributed by atoms with E-state index in [0.29, 0.717) is 6.54 Å². The van der Waals surface area contributed by atoms with E-state index in [1.807, 2.05) is 0 Å². The van der Waals surface area contributed by atoms with Crippen molar-refractivity contribution < 1.29 is 9.90 Å². The number of nitrogens with one attached hydrogen (secondary N) is 2. The van der Waals surface area contributed by atoms with Gasteiger partial charge in [-0.3, -0.25) is 4.79 Å². The Balaban J connectivity index is 1.81. The third-order valence-electron chi connectivity index (χ3n) is 4.38. The predicted molar refractivity (Wildman–Crippen MR) is 66.6 cm³/mol. The summed E-state index contributed by atoms with van der Waals surface area (Å²) in [5.41, 5.74) is -0.125. The maximum atomic E-state index is 11.9. The second-order valence-electron chi connectivity index (χ2n) is 5.82. The van der Waals surface area contributed by atoms with E-state index in [1.165, 1.54) is 0 Å². The summed E-state index contributed by atoms with van der Waals surface area (Å²) >= 11 is 0. The van der Waals surface area contributed by atoms with Crippen LogP contribution in [0.4, 0.5) is 0 Å². The van der Waals surface area contributed by atoms with Crippen LogP contribution in [0, 0.1) is 11.3 Å². The minimum absolute atomic E-state index is 0.124. The molecule has 2 rings (SSSR count). The number of carbonyl (C=O) groups excluding carboxylic acids is 1. The molecule has 4 nitrogen and oxygen atoms in total. The minimum atomic E-state index is -0.266. The number of hydrogen-bond donors (Lipinski definition) is 3. The average molecular weight is 240 g/mol. The van der Waals surface area contributed by atoms with Crippen molar-refractivity contribution in [3.63, 3.8) is 0 Å². The molecule has 1 saturated heterocycles. The van der Waals surface area contributed by atoms with Crippen LogP contribution in [0.2, 0.25) is 0 Å². The van der Waals surface area contributed by atoms with Crippen LogP contribution in [-0.2, 0) is 4.79 Å². The Morgan fingerprint density at radius 2 is 2.29 bits per heavy atom. The maximum absolute atomic E-state index is 11.9. The van der Waals surface area contributed by atoms with Crippen LogP contribution >= 0.6 is 0 Å². The van der Waals surface area contributed by atoms with Crippen molar-refractivity contribution in [2.45, 2.75) is 45.1 Å². The summed E-state index contributed by atoms with van der Waals surface area (Å²) in [6.07, 6.45) is 4.82. The van der Waals surface area contributed by atoms with E-state index in [2.05, 4.69) is 17.6 Å². The van der Waals surface area contributed by atoms with Gasteiger partial charge in [-0.15, -0.1) is 0 Å². The van der Waals surface area contributed by atoms with Gasteiger partial charge in [0.1, 0.15) is 0 Å². The van der Waals surface area contributed by atoms with Gasteiger partial charge < -0.3 is 15.7 Å². The summed E-state index contributed by atoms with van der Waals surface area (Å²) in [5, 5.41) is 16.3. The van der Waals surface area contributed by atoms with Gasteiger partial charge >= 0.3 is 0 Å². The van der Waals surface area contributed by atoms with Crippen LogP contribution in [-0.4, -0.2) is 36.8 Å². The van der Waals surface area contributed by atoms with E-state index in [-0.39, 0.29) is 23.3 Å². The first-order valence-corrected chi connectivity index (χ1v) is 6.78. The molecule has 0 aromatic carbocycles. The molecule has 17 heavy (non-hydrogen) atoms. The molecule has 4 heteroatoms. The Morgan fingerprint density at radius 3 is 2.94 bits per heavy atom. The summed E-state index contributed by atoms with van der Waals surface area (Å²) in [6.45, 7) is 4.44. The molecular weight excluding hydrogens is 216 g/mol. The molecule has 1 heterocycles. The highest BCUT2D eigenvalue weighted by atomic mass is 16.3. The summed E-state index contributed by atoms with van der Waals surface area (Å²) in [5.74, 6) is 0.272. The van der Waals surface area contributed by atoms with Gasteiger partial charge in [-0.1, -0.05) is 19.8 Å². The van der Waals surface area contributed by atoms with Gasteiger partial charge in [0.05, 0.1) is 12.0 Å². The molecule has 0 aromatic heterocycles. The molecule has 98 valence electrons. The van der Waals surface area contributed by atoms with Crippen LogP contribution in [0.15, 0.2) is 0 Å². The van der Waals surface area contributed by atoms with E-state index >= 15 is 0 Å². The van der Waals surface area contributed by atoms with Crippen molar-refractivity contribution in [3.8, 4) is 0 Å². The lowest BCUT2D eigenvalue weighted by Crippen LogP contribution is -2.46. The quantitative estimate of drug-likeness (QED) is 0.679. The van der Waals surface area contributed by atoms with Crippen molar-refractivity contribution in [2.75, 3.05) is 19.6 Å². The number of hydrogen-bond acceptors (Lipinski definition) is 3. The summed E-state index contributed by atoms with van der Waals surface area (Å²) < 4.78 is 0. The molecule has 0 aromatic rings. The maximum Gasteiger partial charge on any atom is 0.224 e. The van der Waals surface area contributed by atoms with Crippen molar-refractivity contribution in [2.24, 2.45) is 11.3 Å². The number of aliphatic hydroxyl groups excluding tert-OH is 1. The zero-order valence-corrected chi connectivity index (χ0v) is 10.7. The molecule has 0 bridgehead atoms. The van der Waals surface area contributed by atoms with E-state index in [0.717, 1.165) is 45.2 Å². The van der Waals surface area contributed by atoms with Gasteiger partial charge in [0.15, 0.2) is 0 Å². The highest BCUT2D eigenvalue weighted by Crippen LogP contribution is 2.35. The standard InChI is InChI=1S/C13H24N2O2/c1-13(6-3-2-4-11(13)16)9-15-12(17)10-5-7-14-8-10/h10-11,14,16H,2-9H2,1H3,(H,15,17). The molecule has 2 aliphatic rings. The monoisotopic (exact) mass is 240 g/mol. The molecule has 2 fully saturated rings. The average Bonchev–Trinajstić information content (AvgIpc) is 2.84. The number of carbonyl (C=O) groups is 1. The van der Waals surface area contributed by atoms with E-state index in [4.69, 9.17) is 0 Å². The van der Waals surface area contributed by atoms with E-state index < -0.39 is 0 Å². The van der Waals surface area contributed by atoms with Crippen LogP contribution in [0.25, 0.3) is 0 Å². The Hall–Kier alpha value is -0.610. The van der Waals surface area contributed by atoms with Gasteiger partial charge in [0.25, 0.3) is 0 Å². The highest BCUT2D eigenvalue weighted by Gasteiger charge is 2.36. The topological polar surface area (TPSA) is 61.4 Å². The lowest BCUT2D eigenvalue weighted by molar-refractivity contribution is -0.125. The zero-order chi connectivity index (χ0) is 12.3. The number of aliphatic hydroxyl groups is 1. The number of amides is 1. The summed E-state index contributed by atoms with van der Waals surface area (Å²) in [4.78, 5) is 11.9. The summed E-state index contributed by atoms with van der Waals surface area (Å²) in [6, 6.07) is 0. The Morgan fingerprint density at radius 1 is 1.47 bits per heavy atom. The van der Waals surface area contributed by atoms with Crippen molar-refractivity contribution in [3.05, 3.63) is 0 Å². The fraction of sp³-hybridized carbons (Fsp3) is 0.923. The Kier molecular flexibility index (Phi) is 4.05. The zero-order valence-electron chi connectivity index (χ0n) is 10.7. The third kappa shape index (κ3) is 2.99. The van der Waals surface area contributed by atoms with Crippen LogP contribution in [0.1, 0.15) is 39.0 Å². The fourth-order valence-corrected chi connectivity index (χ4v) is 2.90. The van der Waals surface area contributed by atoms with E-state index in [1.54, 1.807) is 0 Å². The van der Waals surface area contributed by atoms with Crippen LogP contribution < -0.4 is 10.6 Å². The SMILES string of the molecule is CC1(CNC(=O)C2CCNC2)CCCCC1O. The van der Waals surface area contributed by atoms with Crippen LogP contribution in [0.3, 0.4) is 0 Å². The Bertz CT molecular complexity index is 277. The molecule has 0 radical (unpaired) electrons. The van der Waals surface area contributed by atoms with Gasteiger partial charge in [-0.2, -0.15) is 0 Å². The predicted octanol–water partition coefficient (Wildman–Crippen LogP) is 0.653. The Labute approximate surface area is 103 Å². The molecule has 1 amide bonds. The first kappa shape index (κ1) is 12.8. The molecule has 3 N–H and O–H groups in total. The van der Waals surface area contributed by atoms with Crippen molar-refractivity contribution in [1.82, 2.24) is 10.6 Å². The largest absolute Gasteiger partial charge is 0.392 e. The molecule has 3 atom stereocenters. The first-order valence-electron chi connectivity index (χ1n) is 6.78. The lowest BCUT2D eigenvalue weighted by atomic mass is 9.73. The third-order valence-corrected chi connectivity index (χ3v) is 4.38. The summed E-state index contributed by atoms with van der Waals surface area (Å²) in [7, 11) is 0. The molecule has 1 aliphatic heterocycles. The lowest BCUT2D eigenvalue weighted by Gasteiger charge is -2.38. The molecule has 0 spiro atoms. The first-order chi connectivity index (χ1) is 8.12. The highest BCUT2D eigenvalue weighted by molar-refractivity contribution is 5.79. The second kappa shape index (κ2) is 5.36. The van der Waals surface area contributed by atoms with E-state index in [9.17, 15) is 9.90 Å². The molecular formula is C13H24N2O2. The van der Waals surface area contributed by atoms with Gasteiger partial charge in [0, 0.05) is 18.5 Å². The smallest absolute Gasteiger partial charge is 0.224 e. The van der Waals surface area contributed by atoms with Crippen LogP contribution in [0.5, 0.6) is 0 Å². The molecule has 1 aliphatic carbocycles.